The Bertz CT molecular complexity index is 788. The zero-order valence-corrected chi connectivity index (χ0v) is 15.0. The molecule has 1 aliphatic heterocycles. The molecule has 0 bridgehead atoms. The molecule has 1 unspecified atom stereocenters. The summed E-state index contributed by atoms with van der Waals surface area (Å²) in [5, 5.41) is 3.53. The third kappa shape index (κ3) is 3.56. The number of hydrogen-bond acceptors (Lipinski definition) is 2. The summed E-state index contributed by atoms with van der Waals surface area (Å²) < 4.78 is 12.6. The molecule has 3 heteroatoms. The maximum absolute atomic E-state index is 12.6. The minimum atomic E-state index is -1.01. The Morgan fingerprint density at radius 1 is 1.04 bits per heavy atom. The quantitative estimate of drug-likeness (QED) is 0.868. The maximum atomic E-state index is 12.6. The summed E-state index contributed by atoms with van der Waals surface area (Å²) in [6, 6.07) is 14.3. The Balaban J connectivity index is 1.84. The van der Waals surface area contributed by atoms with Crippen LogP contribution in [0.5, 0.6) is 0 Å². The Morgan fingerprint density at radius 3 is 2.43 bits per heavy atom. The second-order valence-electron chi connectivity index (χ2n) is 6.86. The van der Waals surface area contributed by atoms with Gasteiger partial charge >= 0.3 is 0 Å². The van der Waals surface area contributed by atoms with Crippen LogP contribution in [0.3, 0.4) is 0 Å². The van der Waals surface area contributed by atoms with E-state index in [0.29, 0.717) is 5.75 Å². The van der Waals surface area contributed by atoms with Crippen LogP contribution in [0.2, 0.25) is 0 Å². The number of nitrogens with one attached hydrogen (secondary N) is 1. The average molecular weight is 325 g/mol. The largest absolute Gasteiger partial charge is 0.376 e. The van der Waals surface area contributed by atoms with Crippen molar-refractivity contribution in [3.05, 3.63) is 65.2 Å². The van der Waals surface area contributed by atoms with Crippen LogP contribution in [0.15, 0.2) is 53.4 Å². The Hall–Kier alpha value is -1.87. The molecule has 1 aliphatic rings. The van der Waals surface area contributed by atoms with Gasteiger partial charge in [0.05, 0.1) is 22.1 Å². The molecular weight excluding hydrogens is 302 g/mol. The van der Waals surface area contributed by atoms with Gasteiger partial charge in [0.2, 0.25) is 0 Å². The lowest BCUT2D eigenvalue weighted by Crippen LogP contribution is -2.31. The molecule has 1 N–H and O–H groups in total. The molecule has 0 saturated heterocycles. The molecule has 2 aromatic rings. The molecule has 0 saturated carbocycles. The van der Waals surface area contributed by atoms with Crippen LogP contribution in [-0.4, -0.2) is 9.75 Å². The summed E-state index contributed by atoms with van der Waals surface area (Å²) in [5.41, 5.74) is 5.91. The van der Waals surface area contributed by atoms with Gasteiger partial charge in [0.15, 0.2) is 0 Å². The van der Waals surface area contributed by atoms with Gasteiger partial charge in [0.25, 0.3) is 0 Å². The van der Waals surface area contributed by atoms with E-state index in [1.165, 1.54) is 16.7 Å². The van der Waals surface area contributed by atoms with Crippen molar-refractivity contribution in [1.29, 1.82) is 0 Å². The summed E-state index contributed by atoms with van der Waals surface area (Å²) in [4.78, 5) is 0.889. The van der Waals surface area contributed by atoms with E-state index in [1.54, 1.807) is 0 Å². The molecule has 1 heterocycles. The molecule has 2 aromatic carbocycles. The lowest BCUT2D eigenvalue weighted by molar-refractivity contribution is 0.682. The van der Waals surface area contributed by atoms with Gasteiger partial charge in [-0.15, -0.1) is 0 Å². The molecule has 3 rings (SSSR count). The van der Waals surface area contributed by atoms with Gasteiger partial charge in [-0.25, -0.2) is 0 Å². The molecule has 0 radical (unpaired) electrons. The molecular formula is C20H23NOS. The lowest BCUT2D eigenvalue weighted by Gasteiger charge is -2.31. The maximum Gasteiger partial charge on any atom is 0.0574 e. The van der Waals surface area contributed by atoms with E-state index in [1.807, 2.05) is 31.2 Å². The number of allylic oxidation sites excluding steroid dienone is 1. The monoisotopic (exact) mass is 325 g/mol. The van der Waals surface area contributed by atoms with Crippen molar-refractivity contribution >= 4 is 22.1 Å². The average Bonchev–Trinajstić information content (AvgIpc) is 2.47. The van der Waals surface area contributed by atoms with Crippen LogP contribution in [0.25, 0.3) is 5.57 Å². The zero-order chi connectivity index (χ0) is 16.6. The minimum Gasteiger partial charge on any atom is -0.376 e. The summed E-state index contributed by atoms with van der Waals surface area (Å²) in [5.74, 6) is 0.549. The SMILES string of the molecule is CC1=CC(C)(C)Nc2ccc(CS(=O)c3ccc(C)cc3)cc21. The van der Waals surface area contributed by atoms with E-state index in [-0.39, 0.29) is 5.54 Å². The highest BCUT2D eigenvalue weighted by atomic mass is 32.2. The standard InChI is InChI=1S/C20H23NOS/c1-14-5-8-17(9-6-14)23(22)13-16-7-10-19-18(11-16)15(2)12-20(3,4)21-19/h5-12,21H,13H2,1-4H3. The highest BCUT2D eigenvalue weighted by Crippen LogP contribution is 2.34. The van der Waals surface area contributed by atoms with Crippen LogP contribution in [-0.2, 0) is 16.6 Å². The lowest BCUT2D eigenvalue weighted by atomic mass is 9.90. The van der Waals surface area contributed by atoms with E-state index >= 15 is 0 Å². The third-order valence-electron chi connectivity index (χ3n) is 4.12. The number of benzene rings is 2. The van der Waals surface area contributed by atoms with Crippen LogP contribution >= 0.6 is 0 Å². The predicted molar refractivity (Wildman–Crippen MR) is 99.1 cm³/mol. The van der Waals surface area contributed by atoms with Crippen LogP contribution < -0.4 is 5.32 Å². The van der Waals surface area contributed by atoms with Crippen molar-refractivity contribution in [2.45, 2.75) is 43.9 Å². The van der Waals surface area contributed by atoms with Gasteiger partial charge in [0.1, 0.15) is 0 Å². The zero-order valence-electron chi connectivity index (χ0n) is 14.1. The van der Waals surface area contributed by atoms with Crippen molar-refractivity contribution < 1.29 is 4.21 Å². The number of aryl methyl sites for hydroxylation is 1. The molecule has 0 aliphatic carbocycles. The first-order valence-corrected chi connectivity index (χ1v) is 9.22. The summed E-state index contributed by atoms with van der Waals surface area (Å²) in [6.07, 6.45) is 2.25. The van der Waals surface area contributed by atoms with Crippen molar-refractivity contribution in [3.63, 3.8) is 0 Å². The molecule has 23 heavy (non-hydrogen) atoms. The van der Waals surface area contributed by atoms with Gasteiger partial charge in [-0.3, -0.25) is 4.21 Å². The van der Waals surface area contributed by atoms with Gasteiger partial charge in [-0.1, -0.05) is 29.8 Å². The Labute approximate surface area is 141 Å². The van der Waals surface area contributed by atoms with E-state index in [0.717, 1.165) is 16.1 Å². The first-order valence-electron chi connectivity index (χ1n) is 7.90. The Kier molecular flexibility index (Phi) is 4.15. The van der Waals surface area contributed by atoms with E-state index in [2.05, 4.69) is 50.4 Å². The van der Waals surface area contributed by atoms with Crippen molar-refractivity contribution in [2.24, 2.45) is 0 Å². The fraction of sp³-hybridized carbons (Fsp3) is 0.300. The van der Waals surface area contributed by atoms with E-state index < -0.39 is 10.8 Å². The summed E-state index contributed by atoms with van der Waals surface area (Å²) >= 11 is 0. The fourth-order valence-electron chi connectivity index (χ4n) is 3.04. The van der Waals surface area contributed by atoms with Gasteiger partial charge in [-0.05, 0) is 63.1 Å². The summed E-state index contributed by atoms with van der Waals surface area (Å²) in [6.45, 7) is 8.52. The molecule has 0 aromatic heterocycles. The van der Waals surface area contributed by atoms with Gasteiger partial charge in [-0.2, -0.15) is 0 Å². The van der Waals surface area contributed by atoms with Gasteiger partial charge in [0, 0.05) is 16.1 Å². The fourth-order valence-corrected chi connectivity index (χ4v) is 4.13. The Morgan fingerprint density at radius 2 is 1.74 bits per heavy atom. The molecule has 0 fully saturated rings. The van der Waals surface area contributed by atoms with Gasteiger partial charge < -0.3 is 5.32 Å². The first kappa shape index (κ1) is 16.0. The molecule has 0 amide bonds. The normalized spacial score (nSPS) is 17.0. The second-order valence-corrected chi connectivity index (χ2v) is 8.31. The molecule has 120 valence electrons. The number of rotatable bonds is 3. The topological polar surface area (TPSA) is 29.1 Å². The van der Waals surface area contributed by atoms with Crippen LogP contribution in [0.4, 0.5) is 5.69 Å². The third-order valence-corrected chi connectivity index (χ3v) is 5.52. The number of hydrogen-bond donors (Lipinski definition) is 1. The van der Waals surface area contributed by atoms with E-state index in [9.17, 15) is 4.21 Å². The number of fused-ring (bicyclic) bond motifs is 1. The van der Waals surface area contributed by atoms with Crippen molar-refractivity contribution in [1.82, 2.24) is 0 Å². The smallest absolute Gasteiger partial charge is 0.0574 e. The molecule has 1 atom stereocenters. The van der Waals surface area contributed by atoms with E-state index in [4.69, 9.17) is 0 Å². The highest BCUT2D eigenvalue weighted by Gasteiger charge is 2.22. The predicted octanol–water partition coefficient (Wildman–Crippen LogP) is 4.91. The second kappa shape index (κ2) is 5.97. The summed E-state index contributed by atoms with van der Waals surface area (Å²) in [7, 11) is -1.01. The molecule has 2 nitrogen and oxygen atoms in total. The first-order chi connectivity index (χ1) is 10.8. The van der Waals surface area contributed by atoms with Crippen LogP contribution in [0.1, 0.15) is 37.5 Å². The highest BCUT2D eigenvalue weighted by molar-refractivity contribution is 7.84. The van der Waals surface area contributed by atoms with Crippen LogP contribution in [0, 0.1) is 6.92 Å². The van der Waals surface area contributed by atoms with Crippen molar-refractivity contribution in [2.75, 3.05) is 5.32 Å². The molecule has 0 spiro atoms. The minimum absolute atomic E-state index is 0.0245. The van der Waals surface area contributed by atoms with Crippen molar-refractivity contribution in [3.8, 4) is 0 Å². The number of anilines is 1.